The Morgan fingerprint density at radius 2 is 1.09 bits per heavy atom. The Balaban J connectivity index is 0.000000246. The Morgan fingerprint density at radius 1 is 0.610 bits per heavy atom. The van der Waals surface area contributed by atoms with Crippen molar-refractivity contribution in [2.45, 2.75) is 50.3 Å². The minimum absolute atomic E-state index is 0. The standard InChI is InChI=1S/2C27H24ClN3O6S.Ca/c2*1-3-16-13-23(22(28)15-24(16)38(34,35)36)30-31-25-20-11-6-5-8-17(20)12-21(26(25)32)27(33)29-18-9-7-10-19(14-18)37-4-2;/h2*5-15,32H,3-4H2,1-2H3,(H,29,33)(H,34,35,36);/q;;+2/p-2. The summed E-state index contributed by atoms with van der Waals surface area (Å²) in [6.45, 7) is 8.02. The minimum Gasteiger partial charge on any atom is -0.871 e. The number of hydrogen-bond acceptors (Lipinski definition) is 15. The summed E-state index contributed by atoms with van der Waals surface area (Å²) in [5.41, 5.74) is 1.31. The van der Waals surface area contributed by atoms with Crippen molar-refractivity contribution in [2.75, 3.05) is 18.5 Å². The first-order valence-corrected chi connectivity index (χ1v) is 26.8. The van der Waals surface area contributed by atoms with Crippen LogP contribution in [-0.2, 0) is 33.1 Å². The molecule has 0 atom stereocenters. The largest absolute Gasteiger partial charge is 2.00 e. The van der Waals surface area contributed by atoms with Gasteiger partial charge >= 0.3 is 37.7 Å². The number of amides is 1. The van der Waals surface area contributed by atoms with Gasteiger partial charge in [-0.3, -0.25) is 18.9 Å². The number of anilines is 1. The van der Waals surface area contributed by atoms with Crippen molar-refractivity contribution in [1.29, 1.82) is 0 Å². The number of phenols is 1. The molecule has 0 unspecified atom stereocenters. The smallest absolute Gasteiger partial charge is 0.871 e. The Hall–Kier alpha value is -6.72. The normalized spacial score (nSPS) is 11.9. The molecule has 0 fully saturated rings. The van der Waals surface area contributed by atoms with Gasteiger partial charge in [0.1, 0.15) is 28.6 Å². The number of aliphatic imine (C=N–C) groups is 1. The topological polar surface area (TPSA) is 284 Å². The quantitative estimate of drug-likeness (QED) is 0.0231. The van der Waals surface area contributed by atoms with Crippen LogP contribution < -0.4 is 25.0 Å². The Morgan fingerprint density at radius 3 is 1.61 bits per heavy atom. The summed E-state index contributed by atoms with van der Waals surface area (Å²) in [6, 6.07) is 35.4. The molecular weight excluding hydrogens is 1100 g/mol. The third kappa shape index (κ3) is 14.5. The predicted molar refractivity (Wildman–Crippen MR) is 294 cm³/mol. The molecule has 0 aliphatic carbocycles. The maximum Gasteiger partial charge on any atom is 2.00 e. The predicted octanol–water partition coefficient (Wildman–Crippen LogP) is 12.3. The number of fused-ring (bicyclic) bond motifs is 2. The summed E-state index contributed by atoms with van der Waals surface area (Å²) in [5.74, 6) is -1.27. The molecule has 23 heteroatoms. The van der Waals surface area contributed by atoms with Crippen molar-refractivity contribution in [3.8, 4) is 23.0 Å². The van der Waals surface area contributed by atoms with Gasteiger partial charge in [-0.25, -0.2) is 0 Å². The van der Waals surface area contributed by atoms with Crippen LogP contribution >= 0.6 is 23.2 Å². The molecule has 0 bridgehead atoms. The maximum atomic E-state index is 13.4. The summed E-state index contributed by atoms with van der Waals surface area (Å²) in [6.07, 6.45) is 0.545. The number of benzene rings is 8. The minimum atomic E-state index is -4.50. The van der Waals surface area contributed by atoms with Gasteiger partial charge in [-0.15, -0.1) is 15.3 Å². The fourth-order valence-corrected chi connectivity index (χ4v) is 9.88. The van der Waals surface area contributed by atoms with Crippen LogP contribution in [0.1, 0.15) is 54.7 Å². The van der Waals surface area contributed by atoms with E-state index in [1.165, 1.54) is 18.2 Å². The number of ether oxygens (including phenoxy) is 2. The Labute approximate surface area is 483 Å². The summed E-state index contributed by atoms with van der Waals surface area (Å²) in [4.78, 5) is 16.6. The molecule has 0 aliphatic rings. The van der Waals surface area contributed by atoms with Gasteiger partial charge in [0, 0.05) is 28.6 Å². The van der Waals surface area contributed by atoms with Gasteiger partial charge in [-0.05, 0) is 121 Å². The zero-order valence-corrected chi connectivity index (χ0v) is 46.9. The van der Waals surface area contributed by atoms with Crippen LogP contribution in [-0.4, -0.2) is 93.8 Å². The van der Waals surface area contributed by atoms with E-state index in [0.29, 0.717) is 63.2 Å². The Kier molecular flexibility index (Phi) is 20.2. The van der Waals surface area contributed by atoms with Crippen molar-refractivity contribution < 1.29 is 55.5 Å². The number of aryl methyl sites for hydroxylation is 2. The third-order valence-corrected chi connectivity index (χ3v) is 13.8. The maximum absolute atomic E-state index is 13.4. The van der Waals surface area contributed by atoms with E-state index >= 15 is 0 Å². The number of azo groups is 2. The van der Waals surface area contributed by atoms with Crippen LogP contribution in [0.4, 0.5) is 34.1 Å². The summed E-state index contributed by atoms with van der Waals surface area (Å²) in [7, 11) is -8.98. The molecule has 8 aromatic carbocycles. The van der Waals surface area contributed by atoms with E-state index in [2.05, 4.69) is 30.8 Å². The van der Waals surface area contributed by atoms with Crippen LogP contribution in [0.25, 0.3) is 21.5 Å². The van der Waals surface area contributed by atoms with Crippen molar-refractivity contribution in [3.05, 3.63) is 166 Å². The molecule has 8 aromatic rings. The number of halogens is 2. The fraction of sp³-hybridized carbons (Fsp3) is 0.148. The van der Waals surface area contributed by atoms with E-state index < -0.39 is 43.5 Å². The first-order valence-electron chi connectivity index (χ1n) is 23.2. The van der Waals surface area contributed by atoms with Crippen LogP contribution in [0.3, 0.4) is 0 Å². The molecule has 0 spiro atoms. The van der Waals surface area contributed by atoms with Gasteiger partial charge in [-0.2, -0.15) is 21.9 Å². The first-order chi connectivity index (χ1) is 36.2. The van der Waals surface area contributed by atoms with E-state index in [4.69, 9.17) is 32.7 Å². The molecule has 0 aliphatic heterocycles. The molecule has 0 heterocycles. The van der Waals surface area contributed by atoms with E-state index in [9.17, 15) is 46.1 Å². The number of aromatic hydroxyl groups is 1. The SMILES string of the molecule is CCOc1cccc(N=C([O-])c2cc3ccccc3c(N=Nc3cc(CC)c(S(=O)(=O)O)cc3Cl)c2[O-])c1.CCOc1cccc(NC(=O)c2cc3ccccc3c(N=Nc3cc(CC)c(S(=O)(=O)O)cc3Cl)c2O)c1.[Ca+2]. The number of nitrogens with zero attached hydrogens (tertiary/aromatic N) is 5. The van der Waals surface area contributed by atoms with Crippen LogP contribution in [0.5, 0.6) is 23.0 Å². The molecule has 18 nitrogen and oxygen atoms in total. The van der Waals surface area contributed by atoms with E-state index in [1.54, 1.807) is 117 Å². The van der Waals surface area contributed by atoms with E-state index in [0.717, 1.165) is 12.1 Å². The fourth-order valence-electron chi connectivity index (χ4n) is 7.74. The van der Waals surface area contributed by atoms with Crippen molar-refractivity contribution in [3.63, 3.8) is 0 Å². The molecule has 0 radical (unpaired) electrons. The zero-order chi connectivity index (χ0) is 54.9. The second-order valence-electron chi connectivity index (χ2n) is 16.3. The summed E-state index contributed by atoms with van der Waals surface area (Å²) >= 11 is 12.4. The second-order valence-corrected chi connectivity index (χ2v) is 19.9. The molecule has 77 heavy (non-hydrogen) atoms. The third-order valence-electron chi connectivity index (χ3n) is 11.3. The van der Waals surface area contributed by atoms with Gasteiger partial charge in [0.2, 0.25) is 0 Å². The molecule has 392 valence electrons. The number of phenolic OH excluding ortho intramolecular Hbond substituents is 1. The Bertz CT molecular complexity index is 3860. The molecule has 0 saturated carbocycles. The number of nitrogens with one attached hydrogen (secondary N) is 1. The average Bonchev–Trinajstić information content (AvgIpc) is 3.39. The number of rotatable bonds is 16. The van der Waals surface area contributed by atoms with Gasteiger partial charge in [-0.1, -0.05) is 103 Å². The van der Waals surface area contributed by atoms with Gasteiger partial charge in [0.05, 0.1) is 50.0 Å². The van der Waals surface area contributed by atoms with E-state index in [-0.39, 0.29) is 110 Å². The first kappa shape index (κ1) is 59.5. The number of carbonyl (C=O) groups excluding carboxylic acids is 1. The monoisotopic (exact) mass is 1140 g/mol. The molecule has 0 saturated heterocycles. The summed E-state index contributed by atoms with van der Waals surface area (Å²) in [5, 5.41) is 58.9. The average molecular weight is 1150 g/mol. The number of hydrogen-bond donors (Lipinski definition) is 4. The second kappa shape index (κ2) is 26.1. The van der Waals surface area contributed by atoms with E-state index in [1.807, 2.05) is 13.8 Å². The van der Waals surface area contributed by atoms with Crippen molar-refractivity contribution >= 4 is 149 Å². The van der Waals surface area contributed by atoms with Gasteiger partial charge < -0.3 is 30.1 Å². The molecule has 8 rings (SSSR count). The van der Waals surface area contributed by atoms with Crippen molar-refractivity contribution in [1.82, 2.24) is 0 Å². The molecule has 0 aromatic heterocycles. The van der Waals surface area contributed by atoms with Crippen LogP contribution in [0.15, 0.2) is 169 Å². The van der Waals surface area contributed by atoms with Crippen LogP contribution in [0, 0.1) is 0 Å². The van der Waals surface area contributed by atoms with Gasteiger partial charge in [0.15, 0.2) is 5.75 Å². The van der Waals surface area contributed by atoms with Crippen molar-refractivity contribution in [2.24, 2.45) is 25.4 Å². The van der Waals surface area contributed by atoms with Crippen LogP contribution in [0.2, 0.25) is 10.0 Å². The zero-order valence-electron chi connectivity index (χ0n) is 41.6. The van der Waals surface area contributed by atoms with Gasteiger partial charge in [0.25, 0.3) is 26.1 Å². The number of carbonyl (C=O) groups is 1. The summed E-state index contributed by atoms with van der Waals surface area (Å²) < 4.78 is 76.6. The molecule has 1 amide bonds. The molecule has 4 N–H and O–H groups in total. The molecular formula is C54H46CaCl2N6O12S2.